The predicted molar refractivity (Wildman–Crippen MR) is 140 cm³/mol. The SMILES string of the molecule is CSc1cccc(NC(=O)C2CCN(c3cc(C)nc4cc(-c5ccc(Cl)cc5)nn34)CC2)c1. The van der Waals surface area contributed by atoms with Gasteiger partial charge in [0.05, 0.1) is 5.69 Å². The molecule has 34 heavy (non-hydrogen) atoms. The second-order valence-corrected chi connectivity index (χ2v) is 9.86. The van der Waals surface area contributed by atoms with Crippen LogP contribution in [0, 0.1) is 12.8 Å². The molecule has 0 atom stereocenters. The predicted octanol–water partition coefficient (Wildman–Crippen LogP) is 5.94. The molecule has 1 saturated heterocycles. The molecule has 5 rings (SSSR count). The quantitative estimate of drug-likeness (QED) is 0.350. The van der Waals surface area contributed by atoms with Crippen LogP contribution in [0.4, 0.5) is 11.5 Å². The van der Waals surface area contributed by atoms with E-state index in [0.29, 0.717) is 5.02 Å². The summed E-state index contributed by atoms with van der Waals surface area (Å²) in [5.74, 6) is 1.10. The van der Waals surface area contributed by atoms with Crippen LogP contribution in [0.15, 0.2) is 65.6 Å². The van der Waals surface area contributed by atoms with Gasteiger partial charge >= 0.3 is 0 Å². The third-order valence-corrected chi connectivity index (χ3v) is 7.18. The van der Waals surface area contributed by atoms with Gasteiger partial charge in [0.2, 0.25) is 5.91 Å². The Labute approximate surface area is 208 Å². The zero-order valence-corrected chi connectivity index (χ0v) is 20.7. The topological polar surface area (TPSA) is 62.5 Å². The molecule has 174 valence electrons. The highest BCUT2D eigenvalue weighted by atomic mass is 35.5. The van der Waals surface area contributed by atoms with E-state index in [9.17, 15) is 4.79 Å². The summed E-state index contributed by atoms with van der Waals surface area (Å²) in [7, 11) is 0. The van der Waals surface area contributed by atoms with E-state index in [4.69, 9.17) is 16.7 Å². The summed E-state index contributed by atoms with van der Waals surface area (Å²) in [5, 5.41) is 8.64. The van der Waals surface area contributed by atoms with Gasteiger partial charge in [-0.2, -0.15) is 9.61 Å². The number of piperidine rings is 1. The van der Waals surface area contributed by atoms with Crippen LogP contribution < -0.4 is 10.2 Å². The minimum Gasteiger partial charge on any atom is -0.356 e. The van der Waals surface area contributed by atoms with Crippen molar-refractivity contribution in [1.29, 1.82) is 0 Å². The molecule has 0 saturated carbocycles. The Kier molecular flexibility index (Phi) is 6.48. The van der Waals surface area contributed by atoms with E-state index in [1.165, 1.54) is 0 Å². The first-order valence-electron chi connectivity index (χ1n) is 11.3. The molecule has 0 unspecified atom stereocenters. The van der Waals surface area contributed by atoms with Crippen LogP contribution in [-0.4, -0.2) is 39.9 Å². The van der Waals surface area contributed by atoms with Crippen molar-refractivity contribution < 1.29 is 4.79 Å². The first kappa shape index (κ1) is 22.7. The van der Waals surface area contributed by atoms with Crippen molar-refractivity contribution in [2.24, 2.45) is 5.92 Å². The lowest BCUT2D eigenvalue weighted by Crippen LogP contribution is -2.39. The van der Waals surface area contributed by atoms with Crippen LogP contribution in [0.25, 0.3) is 16.9 Å². The molecule has 0 aliphatic carbocycles. The van der Waals surface area contributed by atoms with Crippen molar-refractivity contribution in [3.63, 3.8) is 0 Å². The van der Waals surface area contributed by atoms with Crippen molar-refractivity contribution in [3.05, 3.63) is 71.4 Å². The largest absolute Gasteiger partial charge is 0.356 e. The van der Waals surface area contributed by atoms with E-state index in [-0.39, 0.29) is 11.8 Å². The van der Waals surface area contributed by atoms with Crippen LogP contribution in [-0.2, 0) is 4.79 Å². The molecule has 1 fully saturated rings. The average Bonchev–Trinajstić information content (AvgIpc) is 3.28. The summed E-state index contributed by atoms with van der Waals surface area (Å²) < 4.78 is 1.91. The van der Waals surface area contributed by atoms with E-state index in [0.717, 1.165) is 64.9 Å². The van der Waals surface area contributed by atoms with Gasteiger partial charge in [0, 0.05) is 58.0 Å². The summed E-state index contributed by atoms with van der Waals surface area (Å²) in [5.41, 5.74) is 4.47. The normalized spacial score (nSPS) is 14.5. The number of halogens is 1. The molecule has 4 aromatic rings. The summed E-state index contributed by atoms with van der Waals surface area (Å²) in [6.45, 7) is 3.58. The Morgan fingerprint density at radius 1 is 1.09 bits per heavy atom. The van der Waals surface area contributed by atoms with Gasteiger partial charge in [-0.3, -0.25) is 4.79 Å². The third-order valence-electron chi connectivity index (χ3n) is 6.20. The second kappa shape index (κ2) is 9.68. The molecule has 0 spiro atoms. The van der Waals surface area contributed by atoms with Gasteiger partial charge in [0.15, 0.2) is 5.65 Å². The fraction of sp³-hybridized carbons (Fsp3) is 0.269. The molecular formula is C26H26ClN5OS. The van der Waals surface area contributed by atoms with E-state index in [1.54, 1.807) is 11.8 Å². The number of fused-ring (bicyclic) bond motifs is 1. The van der Waals surface area contributed by atoms with E-state index >= 15 is 0 Å². The van der Waals surface area contributed by atoms with Crippen LogP contribution in [0.3, 0.4) is 0 Å². The molecule has 1 aliphatic heterocycles. The Bertz CT molecular complexity index is 1330. The Balaban J connectivity index is 1.32. The molecule has 0 radical (unpaired) electrons. The van der Waals surface area contributed by atoms with Gasteiger partial charge in [-0.05, 0) is 56.4 Å². The van der Waals surface area contributed by atoms with E-state index < -0.39 is 0 Å². The number of hydrogen-bond acceptors (Lipinski definition) is 5. The highest BCUT2D eigenvalue weighted by Crippen LogP contribution is 2.28. The average molecular weight is 492 g/mol. The van der Waals surface area contributed by atoms with Gasteiger partial charge in [-0.15, -0.1) is 11.8 Å². The van der Waals surface area contributed by atoms with Crippen molar-refractivity contribution in [1.82, 2.24) is 14.6 Å². The van der Waals surface area contributed by atoms with Crippen molar-refractivity contribution in [2.45, 2.75) is 24.7 Å². The summed E-state index contributed by atoms with van der Waals surface area (Å²) in [4.78, 5) is 21.0. The number of carbonyl (C=O) groups excluding carboxylic acids is 1. The number of rotatable bonds is 5. The van der Waals surface area contributed by atoms with Crippen molar-refractivity contribution >= 4 is 46.4 Å². The first-order chi connectivity index (χ1) is 16.5. The lowest BCUT2D eigenvalue weighted by atomic mass is 9.95. The monoisotopic (exact) mass is 491 g/mol. The molecule has 2 aromatic heterocycles. The number of amides is 1. The minimum absolute atomic E-state index is 0.00476. The number of nitrogens with zero attached hydrogens (tertiary/aromatic N) is 4. The lowest BCUT2D eigenvalue weighted by molar-refractivity contribution is -0.120. The standard InChI is InChI=1S/C26H26ClN5OS/c1-17-14-25(32-24(28-17)16-23(30-32)18-6-8-20(27)9-7-18)31-12-10-19(11-13-31)26(33)29-21-4-3-5-22(15-21)34-2/h3-9,14-16,19H,10-13H2,1-2H3,(H,29,33). The minimum atomic E-state index is -0.00476. The number of thioether (sulfide) groups is 1. The van der Waals surface area contributed by atoms with Gasteiger partial charge in [0.1, 0.15) is 5.82 Å². The van der Waals surface area contributed by atoms with Crippen molar-refractivity contribution in [2.75, 3.05) is 29.6 Å². The van der Waals surface area contributed by atoms with Crippen LogP contribution in [0.1, 0.15) is 18.5 Å². The molecular weight excluding hydrogens is 466 g/mol. The number of aryl methyl sites for hydroxylation is 1. The fourth-order valence-corrected chi connectivity index (χ4v) is 4.97. The molecule has 6 nitrogen and oxygen atoms in total. The molecule has 1 N–H and O–H groups in total. The number of hydrogen-bond donors (Lipinski definition) is 1. The number of anilines is 2. The second-order valence-electron chi connectivity index (χ2n) is 8.54. The highest BCUT2D eigenvalue weighted by molar-refractivity contribution is 7.98. The fourth-order valence-electron chi connectivity index (χ4n) is 4.38. The van der Waals surface area contributed by atoms with Gasteiger partial charge in [-0.25, -0.2) is 4.98 Å². The smallest absolute Gasteiger partial charge is 0.227 e. The number of nitrogens with one attached hydrogen (secondary N) is 1. The number of benzene rings is 2. The van der Waals surface area contributed by atoms with E-state index in [1.807, 2.05) is 72.3 Å². The van der Waals surface area contributed by atoms with Crippen LogP contribution in [0.2, 0.25) is 5.02 Å². The Hall–Kier alpha value is -3.03. The zero-order valence-electron chi connectivity index (χ0n) is 19.2. The number of carbonyl (C=O) groups is 1. The van der Waals surface area contributed by atoms with Crippen molar-refractivity contribution in [3.8, 4) is 11.3 Å². The Morgan fingerprint density at radius 2 is 1.85 bits per heavy atom. The summed E-state index contributed by atoms with van der Waals surface area (Å²) >= 11 is 7.71. The van der Waals surface area contributed by atoms with Gasteiger partial charge in [0.25, 0.3) is 0 Å². The summed E-state index contributed by atoms with van der Waals surface area (Å²) in [6.07, 6.45) is 3.62. The Morgan fingerprint density at radius 3 is 2.59 bits per heavy atom. The third kappa shape index (κ3) is 4.76. The molecule has 1 amide bonds. The van der Waals surface area contributed by atoms with Crippen LogP contribution >= 0.6 is 23.4 Å². The number of aromatic nitrogens is 3. The first-order valence-corrected chi connectivity index (χ1v) is 12.9. The maximum Gasteiger partial charge on any atom is 0.227 e. The van der Waals surface area contributed by atoms with Gasteiger partial charge < -0.3 is 10.2 Å². The van der Waals surface area contributed by atoms with Crippen LogP contribution in [0.5, 0.6) is 0 Å². The molecule has 0 bridgehead atoms. The summed E-state index contributed by atoms with van der Waals surface area (Å²) in [6, 6.07) is 19.7. The maximum absolute atomic E-state index is 12.9. The molecule has 8 heteroatoms. The van der Waals surface area contributed by atoms with Gasteiger partial charge in [-0.1, -0.05) is 29.8 Å². The zero-order chi connectivity index (χ0) is 23.7. The highest BCUT2D eigenvalue weighted by Gasteiger charge is 2.27. The van der Waals surface area contributed by atoms with E-state index in [2.05, 4.69) is 21.3 Å². The molecule has 2 aromatic carbocycles. The molecule has 3 heterocycles. The maximum atomic E-state index is 12.9. The molecule has 1 aliphatic rings. The lowest BCUT2D eigenvalue weighted by Gasteiger charge is -2.33.